The minimum absolute atomic E-state index is 0.0809. The SMILES string of the molecule is Cc1cc(-c2nnc(CN(CCCO)CC(F)(F)F)o2)c(C)o1. The Morgan fingerprint density at radius 1 is 1.22 bits per heavy atom. The van der Waals surface area contributed by atoms with E-state index in [1.54, 1.807) is 19.9 Å². The number of aryl methyl sites for hydroxylation is 2. The molecule has 0 unspecified atom stereocenters. The normalized spacial score (nSPS) is 12.3. The molecule has 0 fully saturated rings. The zero-order valence-electron chi connectivity index (χ0n) is 12.9. The average molecular weight is 333 g/mol. The monoisotopic (exact) mass is 333 g/mol. The number of rotatable bonds is 7. The van der Waals surface area contributed by atoms with Crippen molar-refractivity contribution in [2.45, 2.75) is 33.0 Å². The molecular formula is C14H18F3N3O3. The molecule has 23 heavy (non-hydrogen) atoms. The molecule has 0 aliphatic heterocycles. The van der Waals surface area contributed by atoms with Gasteiger partial charge in [-0.25, -0.2) is 0 Å². The Labute approximate surface area is 130 Å². The van der Waals surface area contributed by atoms with Crippen LogP contribution in [0.3, 0.4) is 0 Å². The second kappa shape index (κ2) is 7.14. The van der Waals surface area contributed by atoms with Gasteiger partial charge in [-0.15, -0.1) is 10.2 Å². The van der Waals surface area contributed by atoms with Gasteiger partial charge in [0.25, 0.3) is 5.89 Å². The molecule has 2 aromatic rings. The first-order valence-electron chi connectivity index (χ1n) is 7.08. The van der Waals surface area contributed by atoms with Crippen molar-refractivity contribution in [2.75, 3.05) is 19.7 Å². The van der Waals surface area contributed by atoms with Crippen molar-refractivity contribution in [1.29, 1.82) is 0 Å². The molecule has 2 aromatic heterocycles. The number of aromatic nitrogens is 2. The molecule has 0 bridgehead atoms. The van der Waals surface area contributed by atoms with Crippen LogP contribution in [0.5, 0.6) is 0 Å². The van der Waals surface area contributed by atoms with E-state index >= 15 is 0 Å². The van der Waals surface area contributed by atoms with E-state index < -0.39 is 12.7 Å². The highest BCUT2D eigenvalue weighted by molar-refractivity contribution is 5.55. The van der Waals surface area contributed by atoms with E-state index in [0.29, 0.717) is 17.1 Å². The van der Waals surface area contributed by atoms with E-state index in [0.717, 1.165) is 4.90 Å². The quantitative estimate of drug-likeness (QED) is 0.840. The third kappa shape index (κ3) is 5.07. The predicted octanol–water partition coefficient (Wildman–Crippen LogP) is 2.69. The fourth-order valence-corrected chi connectivity index (χ4v) is 2.22. The third-order valence-corrected chi connectivity index (χ3v) is 3.13. The average Bonchev–Trinajstić information content (AvgIpc) is 3.00. The van der Waals surface area contributed by atoms with E-state index in [1.807, 2.05) is 0 Å². The van der Waals surface area contributed by atoms with Gasteiger partial charge in [0.1, 0.15) is 11.5 Å². The summed E-state index contributed by atoms with van der Waals surface area (Å²) in [6.45, 7) is 2.17. The minimum atomic E-state index is -4.34. The lowest BCUT2D eigenvalue weighted by molar-refractivity contribution is -0.148. The molecule has 0 atom stereocenters. The maximum atomic E-state index is 12.6. The molecule has 0 aromatic carbocycles. The summed E-state index contributed by atoms with van der Waals surface area (Å²) in [7, 11) is 0. The Balaban J connectivity index is 2.10. The highest BCUT2D eigenvalue weighted by Crippen LogP contribution is 2.26. The number of aliphatic hydroxyl groups excluding tert-OH is 1. The minimum Gasteiger partial charge on any atom is -0.466 e. The van der Waals surface area contributed by atoms with E-state index in [-0.39, 0.29) is 37.9 Å². The lowest BCUT2D eigenvalue weighted by Gasteiger charge is -2.21. The molecule has 2 heterocycles. The van der Waals surface area contributed by atoms with Crippen molar-refractivity contribution in [3.05, 3.63) is 23.5 Å². The second-order valence-electron chi connectivity index (χ2n) is 5.23. The first-order chi connectivity index (χ1) is 10.8. The highest BCUT2D eigenvalue weighted by Gasteiger charge is 2.31. The molecule has 0 spiro atoms. The first kappa shape index (κ1) is 17.5. The number of nitrogens with zero attached hydrogens (tertiary/aromatic N) is 3. The molecule has 0 aliphatic rings. The Hall–Kier alpha value is -1.87. The summed E-state index contributed by atoms with van der Waals surface area (Å²) in [5, 5.41) is 16.4. The number of hydrogen-bond acceptors (Lipinski definition) is 6. The van der Waals surface area contributed by atoms with Gasteiger partial charge in [0.15, 0.2) is 0 Å². The third-order valence-electron chi connectivity index (χ3n) is 3.13. The number of alkyl halides is 3. The number of hydrogen-bond donors (Lipinski definition) is 1. The van der Waals surface area contributed by atoms with Crippen LogP contribution >= 0.6 is 0 Å². The summed E-state index contributed by atoms with van der Waals surface area (Å²) >= 11 is 0. The molecule has 0 radical (unpaired) electrons. The predicted molar refractivity (Wildman–Crippen MR) is 74.5 cm³/mol. The molecule has 1 N–H and O–H groups in total. The van der Waals surface area contributed by atoms with Crippen LogP contribution in [0.2, 0.25) is 0 Å². The molecule has 128 valence electrons. The van der Waals surface area contributed by atoms with Crippen LogP contribution in [0.25, 0.3) is 11.5 Å². The van der Waals surface area contributed by atoms with Crippen LogP contribution in [-0.4, -0.2) is 46.1 Å². The van der Waals surface area contributed by atoms with Gasteiger partial charge < -0.3 is 13.9 Å². The second-order valence-corrected chi connectivity index (χ2v) is 5.23. The van der Waals surface area contributed by atoms with Crippen LogP contribution in [-0.2, 0) is 6.54 Å². The van der Waals surface area contributed by atoms with E-state index in [1.165, 1.54) is 0 Å². The first-order valence-corrected chi connectivity index (χ1v) is 7.08. The van der Waals surface area contributed by atoms with Crippen molar-refractivity contribution >= 4 is 0 Å². The molecule has 0 aliphatic carbocycles. The fourth-order valence-electron chi connectivity index (χ4n) is 2.22. The van der Waals surface area contributed by atoms with Gasteiger partial charge in [-0.3, -0.25) is 4.90 Å². The lowest BCUT2D eigenvalue weighted by Crippen LogP contribution is -2.35. The molecule has 2 rings (SSSR count). The van der Waals surface area contributed by atoms with Gasteiger partial charge in [-0.1, -0.05) is 0 Å². The number of furan rings is 1. The topological polar surface area (TPSA) is 75.5 Å². The van der Waals surface area contributed by atoms with E-state index in [9.17, 15) is 13.2 Å². The molecule has 0 amide bonds. The van der Waals surface area contributed by atoms with Crippen molar-refractivity contribution in [3.8, 4) is 11.5 Å². The van der Waals surface area contributed by atoms with Gasteiger partial charge >= 0.3 is 6.18 Å². The largest absolute Gasteiger partial charge is 0.466 e. The van der Waals surface area contributed by atoms with Crippen LogP contribution in [0.1, 0.15) is 23.8 Å². The molecule has 0 saturated carbocycles. The fraction of sp³-hybridized carbons (Fsp3) is 0.571. The maximum absolute atomic E-state index is 12.6. The van der Waals surface area contributed by atoms with Gasteiger partial charge in [0, 0.05) is 13.2 Å². The van der Waals surface area contributed by atoms with Crippen LogP contribution in [0.4, 0.5) is 13.2 Å². The summed E-state index contributed by atoms with van der Waals surface area (Å²) in [4.78, 5) is 1.11. The summed E-state index contributed by atoms with van der Waals surface area (Å²) in [5.41, 5.74) is 0.624. The zero-order chi connectivity index (χ0) is 17.0. The summed E-state index contributed by atoms with van der Waals surface area (Å²) in [6, 6.07) is 1.73. The smallest absolute Gasteiger partial charge is 0.401 e. The van der Waals surface area contributed by atoms with Crippen molar-refractivity contribution in [3.63, 3.8) is 0 Å². The summed E-state index contributed by atoms with van der Waals surface area (Å²) in [5.74, 6) is 1.58. The number of aliphatic hydroxyl groups is 1. The van der Waals surface area contributed by atoms with Gasteiger partial charge in [-0.2, -0.15) is 13.2 Å². The van der Waals surface area contributed by atoms with Gasteiger partial charge in [-0.05, 0) is 26.3 Å². The van der Waals surface area contributed by atoms with E-state index in [2.05, 4.69) is 10.2 Å². The molecule has 9 heteroatoms. The standard InChI is InChI=1S/C14H18F3N3O3/c1-9-6-11(10(2)22-9)13-19-18-12(23-13)7-20(4-3-5-21)8-14(15,16)17/h6,21H,3-5,7-8H2,1-2H3. The molecular weight excluding hydrogens is 315 g/mol. The Morgan fingerprint density at radius 2 is 1.96 bits per heavy atom. The van der Waals surface area contributed by atoms with Gasteiger partial charge in [0.2, 0.25) is 5.89 Å². The van der Waals surface area contributed by atoms with Crippen molar-refractivity contribution in [2.24, 2.45) is 0 Å². The Bertz CT molecular complexity index is 637. The molecule has 0 saturated heterocycles. The highest BCUT2D eigenvalue weighted by atomic mass is 19.4. The summed E-state index contributed by atoms with van der Waals surface area (Å²) in [6.07, 6.45) is -4.10. The number of halogens is 3. The van der Waals surface area contributed by atoms with Gasteiger partial charge in [0.05, 0.1) is 18.7 Å². The Kier molecular flexibility index (Phi) is 5.42. The van der Waals surface area contributed by atoms with Crippen LogP contribution in [0, 0.1) is 13.8 Å². The van der Waals surface area contributed by atoms with Crippen molar-refractivity contribution < 1.29 is 27.1 Å². The van der Waals surface area contributed by atoms with Crippen LogP contribution in [0.15, 0.2) is 14.9 Å². The Morgan fingerprint density at radius 3 is 2.52 bits per heavy atom. The van der Waals surface area contributed by atoms with Crippen molar-refractivity contribution in [1.82, 2.24) is 15.1 Å². The summed E-state index contributed by atoms with van der Waals surface area (Å²) < 4.78 is 48.5. The molecule has 6 nitrogen and oxygen atoms in total. The lowest BCUT2D eigenvalue weighted by atomic mass is 10.2. The van der Waals surface area contributed by atoms with E-state index in [4.69, 9.17) is 13.9 Å². The van der Waals surface area contributed by atoms with Crippen LogP contribution < -0.4 is 0 Å². The maximum Gasteiger partial charge on any atom is 0.401 e. The zero-order valence-corrected chi connectivity index (χ0v) is 12.9.